The third-order valence-corrected chi connectivity index (χ3v) is 2.73. The predicted molar refractivity (Wildman–Crippen MR) is 73.5 cm³/mol. The normalized spacial score (nSPS) is 11.0. The molecule has 21 heavy (non-hydrogen) atoms. The number of benzene rings is 1. The van der Waals surface area contributed by atoms with Gasteiger partial charge in [0, 0.05) is 19.5 Å². The van der Waals surface area contributed by atoms with E-state index in [1.807, 2.05) is 0 Å². The second-order valence-electron chi connectivity index (χ2n) is 4.79. The van der Waals surface area contributed by atoms with Crippen molar-refractivity contribution in [1.29, 1.82) is 0 Å². The molecule has 0 fully saturated rings. The summed E-state index contributed by atoms with van der Waals surface area (Å²) in [7, 11) is 0. The lowest BCUT2D eigenvalue weighted by molar-refractivity contribution is 0.0112. The number of carboxylic acid groups (broad SMARTS) is 1. The molecule has 0 unspecified atom stereocenters. The largest absolute Gasteiger partial charge is 0.478 e. The van der Waals surface area contributed by atoms with Crippen molar-refractivity contribution in [2.24, 2.45) is 0 Å². The molecule has 1 aromatic rings. The van der Waals surface area contributed by atoms with Crippen molar-refractivity contribution in [3.05, 3.63) is 35.4 Å². The summed E-state index contributed by atoms with van der Waals surface area (Å²) in [5.74, 6) is -3.73. The Morgan fingerprint density at radius 1 is 1.19 bits per heavy atom. The van der Waals surface area contributed by atoms with Gasteiger partial charge in [0.1, 0.15) is 0 Å². The highest BCUT2D eigenvalue weighted by molar-refractivity contribution is 5.87. The van der Waals surface area contributed by atoms with E-state index in [1.54, 1.807) is 12.1 Å². The first-order valence-corrected chi connectivity index (χ1v) is 6.50. The first-order chi connectivity index (χ1) is 9.78. The summed E-state index contributed by atoms with van der Waals surface area (Å²) < 4.78 is 25.1. The molecule has 3 N–H and O–H groups in total. The minimum Gasteiger partial charge on any atom is -0.478 e. The Kier molecular flexibility index (Phi) is 6.08. The minimum absolute atomic E-state index is 0.170. The second-order valence-corrected chi connectivity index (χ2v) is 4.79. The topological polar surface area (TPSA) is 78.4 Å². The van der Waals surface area contributed by atoms with Gasteiger partial charge in [0.2, 0.25) is 5.92 Å². The number of aromatic carboxylic acids is 1. The van der Waals surface area contributed by atoms with E-state index in [0.29, 0.717) is 0 Å². The van der Waals surface area contributed by atoms with Crippen molar-refractivity contribution < 1.29 is 23.5 Å². The Bertz CT molecular complexity index is 484. The van der Waals surface area contributed by atoms with E-state index in [1.165, 1.54) is 12.1 Å². The molecule has 0 radical (unpaired) electrons. The van der Waals surface area contributed by atoms with Gasteiger partial charge in [-0.15, -0.1) is 0 Å². The standard InChI is InChI=1S/C14H18F2N2O3/c1-14(15,16)7-2-8-17-13(21)18-9-10-3-5-11(6-4-10)12(19)20/h3-6H,2,7-9H2,1H3,(H,19,20)(H2,17,18,21). The van der Waals surface area contributed by atoms with Crippen molar-refractivity contribution in [3.8, 4) is 0 Å². The number of nitrogens with one attached hydrogen (secondary N) is 2. The number of hydrogen-bond donors (Lipinski definition) is 3. The fraction of sp³-hybridized carbons (Fsp3) is 0.429. The number of urea groups is 1. The highest BCUT2D eigenvalue weighted by Gasteiger charge is 2.19. The van der Waals surface area contributed by atoms with Crippen LogP contribution in [0.2, 0.25) is 0 Å². The number of amides is 2. The molecule has 0 bridgehead atoms. The molecular weight excluding hydrogens is 282 g/mol. The Balaban J connectivity index is 2.25. The number of carboxylic acids is 1. The number of rotatable bonds is 7. The van der Waals surface area contributed by atoms with Crippen LogP contribution in [0.3, 0.4) is 0 Å². The molecule has 0 saturated carbocycles. The molecule has 0 aliphatic rings. The third kappa shape index (κ3) is 7.24. The van der Waals surface area contributed by atoms with Gasteiger partial charge in [-0.1, -0.05) is 12.1 Å². The summed E-state index contributed by atoms with van der Waals surface area (Å²) in [6, 6.07) is 5.64. The smallest absolute Gasteiger partial charge is 0.335 e. The Morgan fingerprint density at radius 3 is 2.33 bits per heavy atom. The summed E-state index contributed by atoms with van der Waals surface area (Å²) in [5.41, 5.74) is 0.916. The van der Waals surface area contributed by atoms with Crippen LogP contribution in [0.15, 0.2) is 24.3 Å². The molecule has 1 rings (SSSR count). The number of halogens is 2. The van der Waals surface area contributed by atoms with Crippen molar-refractivity contribution in [2.75, 3.05) is 6.54 Å². The quantitative estimate of drug-likeness (QED) is 0.677. The van der Waals surface area contributed by atoms with Crippen LogP contribution < -0.4 is 10.6 Å². The van der Waals surface area contributed by atoms with Gasteiger partial charge in [0.25, 0.3) is 0 Å². The maximum atomic E-state index is 12.5. The molecule has 1 aromatic carbocycles. The van der Waals surface area contributed by atoms with E-state index in [4.69, 9.17) is 5.11 Å². The van der Waals surface area contributed by atoms with E-state index < -0.39 is 17.9 Å². The SMILES string of the molecule is CC(F)(F)CCCNC(=O)NCc1ccc(C(=O)O)cc1. The molecule has 0 saturated heterocycles. The van der Waals surface area contributed by atoms with Gasteiger partial charge in [-0.2, -0.15) is 0 Å². The van der Waals surface area contributed by atoms with Crippen molar-refractivity contribution in [1.82, 2.24) is 10.6 Å². The lowest BCUT2D eigenvalue weighted by atomic mass is 10.1. The van der Waals surface area contributed by atoms with Crippen molar-refractivity contribution in [3.63, 3.8) is 0 Å². The van der Waals surface area contributed by atoms with Gasteiger partial charge in [-0.3, -0.25) is 0 Å². The van der Waals surface area contributed by atoms with E-state index in [9.17, 15) is 18.4 Å². The van der Waals surface area contributed by atoms with E-state index in [0.717, 1.165) is 12.5 Å². The number of carbonyl (C=O) groups is 2. The first kappa shape index (κ1) is 16.9. The molecule has 2 amide bonds. The first-order valence-electron chi connectivity index (χ1n) is 6.50. The molecule has 0 spiro atoms. The number of carbonyl (C=O) groups excluding carboxylic acids is 1. The Hall–Kier alpha value is -2.18. The summed E-state index contributed by atoms with van der Waals surface area (Å²) in [6.45, 7) is 1.25. The summed E-state index contributed by atoms with van der Waals surface area (Å²) in [5, 5.41) is 13.8. The summed E-state index contributed by atoms with van der Waals surface area (Å²) >= 11 is 0. The minimum atomic E-state index is -2.72. The van der Waals surface area contributed by atoms with Gasteiger partial charge < -0.3 is 15.7 Å². The zero-order valence-electron chi connectivity index (χ0n) is 11.7. The fourth-order valence-corrected chi connectivity index (χ4v) is 1.61. The second kappa shape index (κ2) is 7.56. The Morgan fingerprint density at radius 2 is 1.81 bits per heavy atom. The van der Waals surface area contributed by atoms with Gasteiger partial charge in [0.15, 0.2) is 0 Å². The predicted octanol–water partition coefficient (Wildman–Crippen LogP) is 2.62. The molecule has 0 aliphatic heterocycles. The Labute approximate surface area is 121 Å². The zero-order valence-corrected chi connectivity index (χ0v) is 11.7. The van der Waals surface area contributed by atoms with Gasteiger partial charge in [-0.05, 0) is 31.0 Å². The fourth-order valence-electron chi connectivity index (χ4n) is 1.61. The summed E-state index contributed by atoms with van der Waals surface area (Å²) in [6.07, 6.45) is -0.0752. The van der Waals surface area contributed by atoms with E-state index in [2.05, 4.69) is 10.6 Å². The number of hydrogen-bond acceptors (Lipinski definition) is 2. The van der Waals surface area contributed by atoms with Gasteiger partial charge in [0.05, 0.1) is 5.56 Å². The van der Waals surface area contributed by atoms with Crippen LogP contribution >= 0.6 is 0 Å². The van der Waals surface area contributed by atoms with Crippen LogP contribution in [0.4, 0.5) is 13.6 Å². The van der Waals surface area contributed by atoms with Crippen LogP contribution in [-0.2, 0) is 6.54 Å². The van der Waals surface area contributed by atoms with E-state index >= 15 is 0 Å². The van der Waals surface area contributed by atoms with Crippen LogP contribution in [0.5, 0.6) is 0 Å². The summed E-state index contributed by atoms with van der Waals surface area (Å²) in [4.78, 5) is 22.1. The lowest BCUT2D eigenvalue weighted by Gasteiger charge is -2.11. The van der Waals surface area contributed by atoms with Crippen molar-refractivity contribution in [2.45, 2.75) is 32.2 Å². The molecule has 0 aromatic heterocycles. The van der Waals surface area contributed by atoms with Crippen LogP contribution in [0.1, 0.15) is 35.7 Å². The average molecular weight is 300 g/mol. The monoisotopic (exact) mass is 300 g/mol. The molecular formula is C14H18F2N2O3. The van der Waals surface area contributed by atoms with Crippen molar-refractivity contribution >= 4 is 12.0 Å². The van der Waals surface area contributed by atoms with Crippen LogP contribution in [0, 0.1) is 0 Å². The third-order valence-electron chi connectivity index (χ3n) is 2.73. The van der Waals surface area contributed by atoms with Crippen LogP contribution in [-0.4, -0.2) is 29.6 Å². The maximum absolute atomic E-state index is 12.5. The maximum Gasteiger partial charge on any atom is 0.335 e. The van der Waals surface area contributed by atoms with Crippen LogP contribution in [0.25, 0.3) is 0 Å². The van der Waals surface area contributed by atoms with Gasteiger partial charge >= 0.3 is 12.0 Å². The molecule has 0 heterocycles. The molecule has 116 valence electrons. The highest BCUT2D eigenvalue weighted by Crippen LogP contribution is 2.17. The molecule has 0 atom stereocenters. The van der Waals surface area contributed by atoms with E-state index in [-0.39, 0.29) is 31.5 Å². The highest BCUT2D eigenvalue weighted by atomic mass is 19.3. The lowest BCUT2D eigenvalue weighted by Crippen LogP contribution is -2.35. The molecule has 5 nitrogen and oxygen atoms in total. The molecule has 7 heteroatoms. The van der Waals surface area contributed by atoms with Gasteiger partial charge in [-0.25, -0.2) is 18.4 Å². The average Bonchev–Trinajstić information content (AvgIpc) is 2.41. The molecule has 0 aliphatic carbocycles. The number of alkyl halides is 2. The zero-order chi connectivity index (χ0) is 15.9.